The van der Waals surface area contributed by atoms with Crippen LogP contribution < -0.4 is 0 Å². The first-order valence-electron chi connectivity index (χ1n) is 8.71. The van der Waals surface area contributed by atoms with E-state index in [0.717, 1.165) is 24.0 Å². The third kappa shape index (κ3) is 4.71. The number of hydrogen-bond acceptors (Lipinski definition) is 6. The summed E-state index contributed by atoms with van der Waals surface area (Å²) in [7, 11) is 0. The van der Waals surface area contributed by atoms with Crippen LogP contribution in [0.3, 0.4) is 0 Å². The minimum absolute atomic E-state index is 0.0228. The van der Waals surface area contributed by atoms with Crippen LogP contribution >= 0.6 is 0 Å². The van der Waals surface area contributed by atoms with Crippen molar-refractivity contribution in [2.45, 2.75) is 45.3 Å². The molecule has 2 N–H and O–H groups in total. The molecule has 0 aromatic carbocycles. The highest BCUT2D eigenvalue weighted by atomic mass is 16.6. The molecule has 1 aliphatic carbocycles. The van der Waals surface area contributed by atoms with Gasteiger partial charge in [0.25, 0.3) is 0 Å². The first-order chi connectivity index (χ1) is 12.4. The second-order valence-corrected chi connectivity index (χ2v) is 6.74. The molecule has 6 heteroatoms. The number of esters is 2. The SMILES string of the molecule is C=C1C(=O)O[C@@H]2/C=C(/C)CC/C=C(/C)C[C@@H](OC(=O)/C(=C\CO)CO)[C@@H]12. The average molecular weight is 362 g/mol. The molecule has 2 rings (SSSR count). The predicted octanol–water partition coefficient (Wildman–Crippen LogP) is 1.98. The van der Waals surface area contributed by atoms with E-state index in [1.807, 2.05) is 19.9 Å². The Kier molecular flexibility index (Phi) is 6.94. The summed E-state index contributed by atoms with van der Waals surface area (Å²) in [5, 5.41) is 18.3. The summed E-state index contributed by atoms with van der Waals surface area (Å²) in [6.07, 6.45) is 6.17. The second-order valence-electron chi connectivity index (χ2n) is 6.74. The fourth-order valence-electron chi connectivity index (χ4n) is 3.27. The molecule has 2 aliphatic rings. The van der Waals surface area contributed by atoms with Crippen LogP contribution in [0.5, 0.6) is 0 Å². The molecule has 0 radical (unpaired) electrons. The number of hydrogen-bond donors (Lipinski definition) is 2. The van der Waals surface area contributed by atoms with Gasteiger partial charge in [-0.15, -0.1) is 0 Å². The topological polar surface area (TPSA) is 93.1 Å². The summed E-state index contributed by atoms with van der Waals surface area (Å²) < 4.78 is 11.1. The van der Waals surface area contributed by atoms with E-state index in [9.17, 15) is 14.7 Å². The lowest BCUT2D eigenvalue weighted by Crippen LogP contribution is -2.34. The highest BCUT2D eigenvalue weighted by Crippen LogP contribution is 2.36. The molecule has 0 saturated carbocycles. The van der Waals surface area contributed by atoms with Crippen molar-refractivity contribution in [1.82, 2.24) is 0 Å². The van der Waals surface area contributed by atoms with E-state index in [-0.39, 0.29) is 17.8 Å². The summed E-state index contributed by atoms with van der Waals surface area (Å²) in [6, 6.07) is 0. The second kappa shape index (κ2) is 8.96. The van der Waals surface area contributed by atoms with E-state index in [2.05, 4.69) is 12.7 Å². The van der Waals surface area contributed by atoms with Gasteiger partial charge in [-0.3, -0.25) is 0 Å². The maximum absolute atomic E-state index is 12.4. The van der Waals surface area contributed by atoms with Crippen LogP contribution in [0.1, 0.15) is 33.1 Å². The Bertz CT molecular complexity index is 670. The van der Waals surface area contributed by atoms with Gasteiger partial charge in [0.2, 0.25) is 0 Å². The Morgan fingerprint density at radius 1 is 1.38 bits per heavy atom. The standard InChI is InChI=1S/C20H26O6/c1-12-5-4-6-13(2)10-17(26-20(24)15(11-22)7-8-21)18-14(3)19(23)25-16(18)9-12/h6-7,9,16-18,21-22H,3-5,8,10-11H2,1-2H3/b12-9-,13-6-,15-7-/t16-,17-,18+/m1/s1. The summed E-state index contributed by atoms with van der Waals surface area (Å²) in [5.74, 6) is -1.70. The summed E-state index contributed by atoms with van der Waals surface area (Å²) in [6.45, 7) is 6.85. The normalized spacial score (nSPS) is 31.2. The van der Waals surface area contributed by atoms with Crippen LogP contribution in [0.25, 0.3) is 0 Å². The summed E-state index contributed by atoms with van der Waals surface area (Å²) >= 11 is 0. The number of ether oxygens (including phenoxy) is 2. The van der Waals surface area contributed by atoms with Gasteiger partial charge in [-0.2, -0.15) is 0 Å². The number of carbonyl (C=O) groups excluding carboxylic acids is 2. The third-order valence-electron chi connectivity index (χ3n) is 4.69. The highest BCUT2D eigenvalue weighted by Gasteiger charge is 2.44. The lowest BCUT2D eigenvalue weighted by Gasteiger charge is -2.27. The Hall–Kier alpha value is -2.18. The maximum atomic E-state index is 12.4. The van der Waals surface area contributed by atoms with Gasteiger partial charge in [0.15, 0.2) is 0 Å². The smallest absolute Gasteiger partial charge is 0.336 e. The number of allylic oxidation sites excluding steroid dienone is 2. The molecule has 26 heavy (non-hydrogen) atoms. The molecule has 0 amide bonds. The lowest BCUT2D eigenvalue weighted by molar-refractivity contribution is -0.147. The van der Waals surface area contributed by atoms with E-state index in [1.54, 1.807) is 0 Å². The van der Waals surface area contributed by atoms with Crippen LogP contribution in [0.2, 0.25) is 0 Å². The zero-order valence-corrected chi connectivity index (χ0v) is 15.2. The number of carbonyl (C=O) groups is 2. The van der Waals surface area contributed by atoms with Crippen molar-refractivity contribution >= 4 is 11.9 Å². The van der Waals surface area contributed by atoms with Gasteiger partial charge in [0.1, 0.15) is 12.2 Å². The largest absolute Gasteiger partial charge is 0.458 e. The molecule has 6 nitrogen and oxygen atoms in total. The minimum Gasteiger partial charge on any atom is -0.458 e. The molecular formula is C20H26O6. The molecule has 1 aliphatic heterocycles. The predicted molar refractivity (Wildman–Crippen MR) is 96.0 cm³/mol. The van der Waals surface area contributed by atoms with Crippen molar-refractivity contribution in [3.05, 3.63) is 47.1 Å². The fraction of sp³-hybridized carbons (Fsp3) is 0.500. The van der Waals surface area contributed by atoms with Gasteiger partial charge in [-0.05, 0) is 38.8 Å². The number of aliphatic hydroxyl groups excluding tert-OH is 2. The van der Waals surface area contributed by atoms with Crippen molar-refractivity contribution in [3.63, 3.8) is 0 Å². The van der Waals surface area contributed by atoms with Crippen LogP contribution in [0, 0.1) is 5.92 Å². The lowest BCUT2D eigenvalue weighted by atomic mass is 9.85. The molecule has 0 aromatic rings. The van der Waals surface area contributed by atoms with Crippen molar-refractivity contribution in [3.8, 4) is 0 Å². The highest BCUT2D eigenvalue weighted by molar-refractivity contribution is 5.92. The quantitative estimate of drug-likeness (QED) is 0.451. The molecule has 0 spiro atoms. The van der Waals surface area contributed by atoms with Gasteiger partial charge in [0, 0.05) is 12.0 Å². The van der Waals surface area contributed by atoms with Gasteiger partial charge in [0.05, 0.1) is 24.7 Å². The molecule has 0 aromatic heterocycles. The van der Waals surface area contributed by atoms with Crippen molar-refractivity contribution in [2.24, 2.45) is 5.92 Å². The first kappa shape index (κ1) is 20.1. The van der Waals surface area contributed by atoms with E-state index in [4.69, 9.17) is 14.6 Å². The molecule has 0 unspecified atom stereocenters. The Balaban J connectivity index is 2.36. The van der Waals surface area contributed by atoms with Crippen LogP contribution in [0.4, 0.5) is 0 Å². The summed E-state index contributed by atoms with van der Waals surface area (Å²) in [5.41, 5.74) is 2.39. The number of aliphatic hydroxyl groups is 2. The van der Waals surface area contributed by atoms with Gasteiger partial charge < -0.3 is 19.7 Å². The van der Waals surface area contributed by atoms with Crippen LogP contribution in [0.15, 0.2) is 47.1 Å². The Morgan fingerprint density at radius 3 is 2.77 bits per heavy atom. The van der Waals surface area contributed by atoms with E-state index in [1.165, 1.54) is 6.08 Å². The van der Waals surface area contributed by atoms with Crippen molar-refractivity contribution < 1.29 is 29.3 Å². The van der Waals surface area contributed by atoms with E-state index < -0.39 is 36.7 Å². The Morgan fingerprint density at radius 2 is 2.12 bits per heavy atom. The van der Waals surface area contributed by atoms with Crippen molar-refractivity contribution in [2.75, 3.05) is 13.2 Å². The van der Waals surface area contributed by atoms with Crippen molar-refractivity contribution in [1.29, 1.82) is 0 Å². The van der Waals surface area contributed by atoms with Gasteiger partial charge in [-0.25, -0.2) is 9.59 Å². The van der Waals surface area contributed by atoms with E-state index in [0.29, 0.717) is 6.42 Å². The molecule has 1 fully saturated rings. The maximum Gasteiger partial charge on any atom is 0.336 e. The monoisotopic (exact) mass is 362 g/mol. The van der Waals surface area contributed by atoms with E-state index >= 15 is 0 Å². The van der Waals surface area contributed by atoms with Gasteiger partial charge in [-0.1, -0.05) is 23.8 Å². The molecule has 1 saturated heterocycles. The number of fused-ring (bicyclic) bond motifs is 1. The zero-order valence-electron chi connectivity index (χ0n) is 15.2. The van der Waals surface area contributed by atoms with Crippen LogP contribution in [-0.4, -0.2) is 47.6 Å². The first-order valence-corrected chi connectivity index (χ1v) is 8.71. The molecule has 1 heterocycles. The third-order valence-corrected chi connectivity index (χ3v) is 4.69. The molecule has 0 bridgehead atoms. The average Bonchev–Trinajstić information content (AvgIpc) is 2.85. The minimum atomic E-state index is -0.719. The fourth-order valence-corrected chi connectivity index (χ4v) is 3.27. The number of rotatable bonds is 4. The molecular weight excluding hydrogens is 336 g/mol. The Labute approximate surface area is 153 Å². The molecule has 3 atom stereocenters. The summed E-state index contributed by atoms with van der Waals surface area (Å²) in [4.78, 5) is 24.4. The molecule has 142 valence electrons. The van der Waals surface area contributed by atoms with Gasteiger partial charge >= 0.3 is 11.9 Å². The van der Waals surface area contributed by atoms with Crippen LogP contribution in [-0.2, 0) is 19.1 Å². The zero-order chi connectivity index (χ0) is 19.3.